The van der Waals surface area contributed by atoms with E-state index < -0.39 is 10.9 Å². The van der Waals surface area contributed by atoms with Crippen LogP contribution in [0.2, 0.25) is 5.02 Å². The van der Waals surface area contributed by atoms with Gasteiger partial charge in [-0.3, -0.25) is 15.1 Å². The number of esters is 1. The molecule has 2 aromatic carbocycles. The molecule has 0 aliphatic carbocycles. The zero-order valence-corrected chi connectivity index (χ0v) is 18.1. The smallest absolute Gasteiger partial charge is 0.345 e. The van der Waals surface area contributed by atoms with Crippen LogP contribution in [0.3, 0.4) is 0 Å². The average Bonchev–Trinajstić information content (AvgIpc) is 3.24. The first-order valence-corrected chi connectivity index (χ1v) is 10.2. The molecule has 0 atom stereocenters. The van der Waals surface area contributed by atoms with Crippen molar-refractivity contribution in [2.45, 2.75) is 0 Å². The van der Waals surface area contributed by atoms with Crippen molar-refractivity contribution in [2.24, 2.45) is 0 Å². The van der Waals surface area contributed by atoms with Crippen LogP contribution in [0, 0.1) is 10.1 Å². The lowest BCUT2D eigenvalue weighted by Gasteiger charge is -2.10. The van der Waals surface area contributed by atoms with Crippen molar-refractivity contribution in [1.82, 2.24) is 10.1 Å². The number of carbonyl (C=O) groups is 1. The summed E-state index contributed by atoms with van der Waals surface area (Å²) in [4.78, 5) is 27.6. The number of rotatable bonds is 8. The van der Waals surface area contributed by atoms with Gasteiger partial charge in [0.15, 0.2) is 17.1 Å². The number of benzene rings is 2. The first-order valence-electron chi connectivity index (χ1n) is 9.83. The van der Waals surface area contributed by atoms with Crippen LogP contribution in [-0.2, 0) is 4.74 Å². The number of anilines is 2. The Bertz CT molecular complexity index is 1340. The summed E-state index contributed by atoms with van der Waals surface area (Å²) in [6.45, 7) is 0.834. The van der Waals surface area contributed by atoms with Crippen molar-refractivity contribution in [3.63, 3.8) is 0 Å². The van der Waals surface area contributed by atoms with Crippen molar-refractivity contribution < 1.29 is 19.0 Å². The molecule has 0 aliphatic heterocycles. The first-order chi connectivity index (χ1) is 16.0. The number of nitro benzene ring substituents is 1. The minimum atomic E-state index is -0.725. The van der Waals surface area contributed by atoms with Crippen LogP contribution in [-0.4, -0.2) is 41.2 Å². The molecule has 0 unspecified atom stereocenters. The van der Waals surface area contributed by atoms with Gasteiger partial charge in [0.1, 0.15) is 0 Å². The molecule has 2 heterocycles. The number of nitrogens with zero attached hydrogens (tertiary/aromatic N) is 3. The molecule has 0 amide bonds. The zero-order chi connectivity index (χ0) is 23.4. The number of hydrogen-bond donors (Lipinski definition) is 2. The van der Waals surface area contributed by atoms with Gasteiger partial charge in [-0.25, -0.2) is 4.79 Å². The van der Waals surface area contributed by atoms with E-state index in [1.807, 2.05) is 12.1 Å². The molecule has 0 saturated heterocycles. The lowest BCUT2D eigenvalue weighted by molar-refractivity contribution is -0.384. The molecule has 10 nitrogen and oxygen atoms in total. The highest BCUT2D eigenvalue weighted by molar-refractivity contribution is 6.31. The van der Waals surface area contributed by atoms with Gasteiger partial charge in [-0.05, 0) is 30.3 Å². The van der Waals surface area contributed by atoms with Crippen LogP contribution >= 0.6 is 11.6 Å². The molecule has 2 aromatic heterocycles. The van der Waals surface area contributed by atoms with Gasteiger partial charge >= 0.3 is 5.97 Å². The Labute approximate surface area is 192 Å². The Morgan fingerprint density at radius 1 is 1.18 bits per heavy atom. The van der Waals surface area contributed by atoms with Gasteiger partial charge in [0.05, 0.1) is 23.1 Å². The highest BCUT2D eigenvalue weighted by atomic mass is 35.5. The normalized spacial score (nSPS) is 10.7. The molecule has 4 aromatic rings. The summed E-state index contributed by atoms with van der Waals surface area (Å²) in [5.74, 6) is -0.637. The van der Waals surface area contributed by atoms with E-state index in [4.69, 9.17) is 20.9 Å². The van der Waals surface area contributed by atoms with Crippen LogP contribution in [0.4, 0.5) is 17.2 Å². The van der Waals surface area contributed by atoms with E-state index in [-0.39, 0.29) is 28.4 Å². The second-order valence-electron chi connectivity index (χ2n) is 6.87. The maximum Gasteiger partial charge on any atom is 0.345 e. The molecule has 33 heavy (non-hydrogen) atoms. The number of halogens is 1. The Balaban J connectivity index is 1.53. The molecule has 0 spiro atoms. The molecule has 168 valence electrons. The molecule has 0 fully saturated rings. The second-order valence-corrected chi connectivity index (χ2v) is 7.31. The van der Waals surface area contributed by atoms with Crippen molar-refractivity contribution in [3.05, 3.63) is 75.4 Å². The fourth-order valence-electron chi connectivity index (χ4n) is 3.36. The van der Waals surface area contributed by atoms with Gasteiger partial charge in [-0.2, -0.15) is 0 Å². The number of pyridine rings is 1. The highest BCUT2D eigenvalue weighted by Gasteiger charge is 2.29. The van der Waals surface area contributed by atoms with E-state index in [2.05, 4.69) is 20.8 Å². The average molecular weight is 468 g/mol. The van der Waals surface area contributed by atoms with Gasteiger partial charge in [0.25, 0.3) is 5.69 Å². The number of fused-ring (bicyclic) bond motifs is 1. The van der Waals surface area contributed by atoms with Crippen molar-refractivity contribution in [2.75, 3.05) is 30.8 Å². The Morgan fingerprint density at radius 2 is 1.97 bits per heavy atom. The first kappa shape index (κ1) is 22.0. The maximum absolute atomic E-state index is 12.4. The molecule has 0 aliphatic rings. The fraction of sp³-hybridized carbons (Fsp3) is 0.136. The molecular formula is C22H18ClN5O5. The summed E-state index contributed by atoms with van der Waals surface area (Å²) < 4.78 is 10.2. The topological polar surface area (TPSA) is 132 Å². The van der Waals surface area contributed by atoms with E-state index in [1.54, 1.807) is 24.4 Å². The number of ether oxygens (including phenoxy) is 1. The summed E-state index contributed by atoms with van der Waals surface area (Å²) in [7, 11) is 1.21. The third kappa shape index (κ3) is 4.55. The van der Waals surface area contributed by atoms with Gasteiger partial charge in [0, 0.05) is 41.4 Å². The number of hydrogen-bond acceptors (Lipinski definition) is 9. The fourth-order valence-corrected chi connectivity index (χ4v) is 3.53. The molecule has 0 saturated carbocycles. The van der Waals surface area contributed by atoms with Crippen LogP contribution in [0.25, 0.3) is 22.2 Å². The molecule has 0 radical (unpaired) electrons. The maximum atomic E-state index is 12.4. The predicted molar refractivity (Wildman–Crippen MR) is 124 cm³/mol. The zero-order valence-electron chi connectivity index (χ0n) is 17.4. The Kier molecular flexibility index (Phi) is 6.36. The third-order valence-electron chi connectivity index (χ3n) is 4.86. The van der Waals surface area contributed by atoms with Gasteiger partial charge in [-0.15, -0.1) is 0 Å². The minimum absolute atomic E-state index is 0.0178. The monoisotopic (exact) mass is 467 g/mol. The number of nitro groups is 1. The van der Waals surface area contributed by atoms with Gasteiger partial charge < -0.3 is 19.9 Å². The van der Waals surface area contributed by atoms with Gasteiger partial charge in [0.2, 0.25) is 0 Å². The number of carbonyl (C=O) groups excluding carboxylic acids is 1. The Morgan fingerprint density at radius 3 is 2.76 bits per heavy atom. The van der Waals surface area contributed by atoms with Crippen LogP contribution in [0.1, 0.15) is 10.4 Å². The number of para-hydroxylation sites is 1. The molecule has 11 heteroatoms. The summed E-state index contributed by atoms with van der Waals surface area (Å²) >= 11 is 6.03. The lowest BCUT2D eigenvalue weighted by Crippen LogP contribution is -2.16. The predicted octanol–water partition coefficient (Wildman–Crippen LogP) is 4.76. The minimum Gasteiger partial charge on any atom is -0.465 e. The van der Waals surface area contributed by atoms with E-state index in [1.165, 1.54) is 25.3 Å². The van der Waals surface area contributed by atoms with E-state index in [9.17, 15) is 14.9 Å². The Hall–Kier alpha value is -4.18. The second kappa shape index (κ2) is 9.53. The summed E-state index contributed by atoms with van der Waals surface area (Å²) in [5, 5.41) is 23.1. The van der Waals surface area contributed by atoms with Crippen molar-refractivity contribution >= 4 is 45.7 Å². The number of methoxy groups -OCH3 is 1. The summed E-state index contributed by atoms with van der Waals surface area (Å²) in [5.41, 5.74) is 1.53. The molecular weight excluding hydrogens is 450 g/mol. The summed E-state index contributed by atoms with van der Waals surface area (Å²) in [6.07, 6.45) is 1.68. The summed E-state index contributed by atoms with van der Waals surface area (Å²) in [6, 6.07) is 13.2. The molecule has 2 N–H and O–H groups in total. The SMILES string of the molecule is COC(=O)c1c(NCCNc2ccnc3cc(Cl)ccc23)noc1-c1ccccc1[N+](=O)[O-]. The quantitative estimate of drug-likeness (QED) is 0.163. The van der Waals surface area contributed by atoms with Gasteiger partial charge in [-0.1, -0.05) is 28.9 Å². The highest BCUT2D eigenvalue weighted by Crippen LogP contribution is 2.35. The standard InChI is InChI=1S/C22H18ClN5O5/c1-32-22(29)19-20(15-4-2-3-5-18(15)28(30)31)33-27-21(19)26-11-10-25-16-8-9-24-17-12-13(23)6-7-14(16)17/h2-9,12H,10-11H2,1H3,(H,24,25)(H,26,27). The number of aromatic nitrogens is 2. The van der Waals surface area contributed by atoms with E-state index in [0.717, 1.165) is 16.6 Å². The van der Waals surface area contributed by atoms with Crippen molar-refractivity contribution in [1.29, 1.82) is 0 Å². The molecule has 0 bridgehead atoms. The van der Waals surface area contributed by atoms with Crippen LogP contribution < -0.4 is 10.6 Å². The molecule has 4 rings (SSSR count). The van der Waals surface area contributed by atoms with Crippen LogP contribution in [0.5, 0.6) is 0 Å². The van der Waals surface area contributed by atoms with Crippen molar-refractivity contribution in [3.8, 4) is 11.3 Å². The number of nitrogens with one attached hydrogen (secondary N) is 2. The van der Waals surface area contributed by atoms with Crippen LogP contribution in [0.15, 0.2) is 59.3 Å². The lowest BCUT2D eigenvalue weighted by atomic mass is 10.1. The van der Waals surface area contributed by atoms with E-state index in [0.29, 0.717) is 18.1 Å². The van der Waals surface area contributed by atoms with E-state index >= 15 is 0 Å². The largest absolute Gasteiger partial charge is 0.465 e. The third-order valence-corrected chi connectivity index (χ3v) is 5.10.